The van der Waals surface area contributed by atoms with Gasteiger partial charge in [-0.2, -0.15) is 0 Å². The fourth-order valence-electron chi connectivity index (χ4n) is 2.67. The van der Waals surface area contributed by atoms with Gasteiger partial charge in [0.2, 0.25) is 5.91 Å². The Morgan fingerprint density at radius 1 is 1.45 bits per heavy atom. The van der Waals surface area contributed by atoms with Crippen molar-refractivity contribution in [1.29, 1.82) is 0 Å². The summed E-state index contributed by atoms with van der Waals surface area (Å²) in [4.78, 5) is 34.2. The smallest absolute Gasteiger partial charge is 0.257 e. The van der Waals surface area contributed by atoms with Crippen molar-refractivity contribution in [2.45, 2.75) is 26.7 Å². The van der Waals surface area contributed by atoms with Crippen molar-refractivity contribution in [1.82, 2.24) is 20.2 Å². The Bertz CT molecular complexity index is 532. The number of aromatic nitrogens is 2. The zero-order chi connectivity index (χ0) is 14.8. The van der Waals surface area contributed by atoms with Gasteiger partial charge in [-0.15, -0.1) is 0 Å². The van der Waals surface area contributed by atoms with Crippen molar-refractivity contribution < 1.29 is 9.59 Å². The zero-order valence-electron chi connectivity index (χ0n) is 12.1. The van der Waals surface area contributed by atoms with Crippen LogP contribution in [0.25, 0.3) is 0 Å². The van der Waals surface area contributed by atoms with Crippen molar-refractivity contribution >= 4 is 11.8 Å². The van der Waals surface area contributed by atoms with Crippen LogP contribution in [0.3, 0.4) is 0 Å². The third-order valence-corrected chi connectivity index (χ3v) is 3.90. The second kappa shape index (κ2) is 5.56. The van der Waals surface area contributed by atoms with Crippen LogP contribution in [-0.4, -0.2) is 46.8 Å². The Kier molecular flexibility index (Phi) is 4.01. The summed E-state index contributed by atoms with van der Waals surface area (Å²) in [6, 6.07) is 0. The molecule has 20 heavy (non-hydrogen) atoms. The van der Waals surface area contributed by atoms with E-state index in [0.29, 0.717) is 24.3 Å². The molecule has 0 aliphatic carbocycles. The molecule has 1 aliphatic heterocycles. The quantitative estimate of drug-likeness (QED) is 0.866. The maximum atomic E-state index is 12.5. The molecule has 1 N–H and O–H groups in total. The van der Waals surface area contributed by atoms with Gasteiger partial charge in [-0.25, -0.2) is 9.97 Å². The lowest BCUT2D eigenvalue weighted by Gasteiger charge is -2.39. The monoisotopic (exact) mass is 276 g/mol. The molecule has 0 spiro atoms. The average molecular weight is 276 g/mol. The van der Waals surface area contributed by atoms with Gasteiger partial charge in [0.25, 0.3) is 5.91 Å². The van der Waals surface area contributed by atoms with Crippen LogP contribution in [0.5, 0.6) is 0 Å². The molecule has 0 aromatic carbocycles. The lowest BCUT2D eigenvalue weighted by atomic mass is 9.81. The number of hydrogen-bond donors (Lipinski definition) is 1. The summed E-state index contributed by atoms with van der Waals surface area (Å²) in [5.74, 6) is -0.117. The van der Waals surface area contributed by atoms with E-state index in [2.05, 4.69) is 15.3 Å². The Morgan fingerprint density at radius 3 is 2.85 bits per heavy atom. The van der Waals surface area contributed by atoms with E-state index in [-0.39, 0.29) is 11.8 Å². The Morgan fingerprint density at radius 2 is 2.20 bits per heavy atom. The Labute approximate surface area is 118 Å². The largest absolute Gasteiger partial charge is 0.359 e. The maximum Gasteiger partial charge on any atom is 0.257 e. The molecule has 1 aromatic rings. The molecule has 108 valence electrons. The molecule has 1 aliphatic rings. The van der Waals surface area contributed by atoms with Crippen LogP contribution in [0.1, 0.15) is 35.8 Å². The van der Waals surface area contributed by atoms with Gasteiger partial charge in [0.1, 0.15) is 6.33 Å². The van der Waals surface area contributed by atoms with E-state index >= 15 is 0 Å². The lowest BCUT2D eigenvalue weighted by Crippen LogP contribution is -2.51. The van der Waals surface area contributed by atoms with Gasteiger partial charge >= 0.3 is 0 Å². The number of carbonyl (C=O) groups is 2. The normalized spacial score (nSPS) is 22.4. The summed E-state index contributed by atoms with van der Waals surface area (Å²) < 4.78 is 0. The molecular formula is C14H20N4O2. The molecule has 1 aromatic heterocycles. The third kappa shape index (κ3) is 2.64. The molecule has 0 unspecified atom stereocenters. The fraction of sp³-hybridized carbons (Fsp3) is 0.571. The first kappa shape index (κ1) is 14.4. The molecule has 0 radical (unpaired) electrons. The SMILES string of the molecule is CNC(=O)[C@]1(C)CCCN(C(=O)c2cncnc2C)C1. The van der Waals surface area contributed by atoms with E-state index in [9.17, 15) is 9.59 Å². The van der Waals surface area contributed by atoms with E-state index in [1.165, 1.54) is 12.5 Å². The zero-order valence-corrected chi connectivity index (χ0v) is 12.1. The van der Waals surface area contributed by atoms with Gasteiger partial charge in [0.15, 0.2) is 0 Å². The first-order valence-corrected chi connectivity index (χ1v) is 6.76. The Balaban J connectivity index is 2.19. The minimum absolute atomic E-state index is 0.0176. The van der Waals surface area contributed by atoms with Crippen LogP contribution in [0.2, 0.25) is 0 Å². The van der Waals surface area contributed by atoms with Gasteiger partial charge in [-0.3, -0.25) is 9.59 Å². The van der Waals surface area contributed by atoms with Crippen LogP contribution in [-0.2, 0) is 4.79 Å². The molecule has 1 fully saturated rings. The molecule has 2 heterocycles. The van der Waals surface area contributed by atoms with Crippen LogP contribution in [0.4, 0.5) is 0 Å². The number of carbonyl (C=O) groups excluding carboxylic acids is 2. The summed E-state index contributed by atoms with van der Waals surface area (Å²) in [5.41, 5.74) is 0.650. The summed E-state index contributed by atoms with van der Waals surface area (Å²) in [6.07, 6.45) is 4.58. The van der Waals surface area contributed by atoms with Crippen molar-refractivity contribution in [3.8, 4) is 0 Å². The van der Waals surface area contributed by atoms with E-state index in [1.54, 1.807) is 18.9 Å². The van der Waals surface area contributed by atoms with Crippen LogP contribution in [0.15, 0.2) is 12.5 Å². The minimum atomic E-state index is -0.522. The van der Waals surface area contributed by atoms with E-state index in [4.69, 9.17) is 0 Å². The van der Waals surface area contributed by atoms with Crippen molar-refractivity contribution in [3.05, 3.63) is 23.8 Å². The summed E-state index contributed by atoms with van der Waals surface area (Å²) >= 11 is 0. The number of likely N-dealkylation sites (tertiary alicyclic amines) is 1. The van der Waals surface area contributed by atoms with Gasteiger partial charge in [-0.1, -0.05) is 0 Å². The molecule has 1 atom stereocenters. The number of hydrogen-bond acceptors (Lipinski definition) is 4. The molecular weight excluding hydrogens is 256 g/mol. The number of nitrogens with one attached hydrogen (secondary N) is 1. The molecule has 2 amide bonds. The number of piperidine rings is 1. The predicted octanol–water partition coefficient (Wildman–Crippen LogP) is 0.773. The van der Waals surface area contributed by atoms with Gasteiger partial charge in [0.05, 0.1) is 16.7 Å². The van der Waals surface area contributed by atoms with Gasteiger partial charge in [0, 0.05) is 26.3 Å². The van der Waals surface area contributed by atoms with E-state index in [1.807, 2.05) is 6.92 Å². The van der Waals surface area contributed by atoms with Gasteiger partial charge in [-0.05, 0) is 26.7 Å². The number of nitrogens with zero attached hydrogens (tertiary/aromatic N) is 3. The molecule has 6 nitrogen and oxygen atoms in total. The highest BCUT2D eigenvalue weighted by Gasteiger charge is 2.39. The van der Waals surface area contributed by atoms with E-state index in [0.717, 1.165) is 12.8 Å². The first-order valence-electron chi connectivity index (χ1n) is 6.76. The van der Waals surface area contributed by atoms with Crippen molar-refractivity contribution in [2.24, 2.45) is 5.41 Å². The van der Waals surface area contributed by atoms with Crippen molar-refractivity contribution in [3.63, 3.8) is 0 Å². The number of rotatable bonds is 2. The molecule has 2 rings (SSSR count). The average Bonchev–Trinajstić information content (AvgIpc) is 2.46. The topological polar surface area (TPSA) is 75.2 Å². The second-order valence-electron chi connectivity index (χ2n) is 5.49. The second-order valence-corrected chi connectivity index (χ2v) is 5.49. The summed E-state index contributed by atoms with van der Waals surface area (Å²) in [7, 11) is 1.63. The highest BCUT2D eigenvalue weighted by Crippen LogP contribution is 2.30. The molecule has 0 saturated carbocycles. The molecule has 0 bridgehead atoms. The van der Waals surface area contributed by atoms with Crippen LogP contribution < -0.4 is 5.32 Å². The third-order valence-electron chi connectivity index (χ3n) is 3.90. The fourth-order valence-corrected chi connectivity index (χ4v) is 2.67. The first-order chi connectivity index (χ1) is 9.48. The highest BCUT2D eigenvalue weighted by atomic mass is 16.2. The van der Waals surface area contributed by atoms with Crippen LogP contribution in [0, 0.1) is 12.3 Å². The maximum absolute atomic E-state index is 12.5. The van der Waals surface area contributed by atoms with Crippen molar-refractivity contribution in [2.75, 3.05) is 20.1 Å². The lowest BCUT2D eigenvalue weighted by molar-refractivity contribution is -0.132. The van der Waals surface area contributed by atoms with Crippen LogP contribution >= 0.6 is 0 Å². The summed E-state index contributed by atoms with van der Waals surface area (Å²) in [6.45, 7) is 4.79. The molecule has 1 saturated heterocycles. The Hall–Kier alpha value is -1.98. The molecule has 6 heteroatoms. The predicted molar refractivity (Wildman–Crippen MR) is 74.1 cm³/mol. The minimum Gasteiger partial charge on any atom is -0.359 e. The van der Waals surface area contributed by atoms with Gasteiger partial charge < -0.3 is 10.2 Å². The highest BCUT2D eigenvalue weighted by molar-refractivity contribution is 5.95. The standard InChI is InChI=1S/C14H20N4O2/c1-10-11(7-16-9-17-10)12(19)18-6-4-5-14(2,8-18)13(20)15-3/h7,9H,4-6,8H2,1-3H3,(H,15,20)/t14-/m1/s1. The number of aryl methyl sites for hydroxylation is 1. The number of amides is 2. The van der Waals surface area contributed by atoms with E-state index < -0.39 is 5.41 Å². The summed E-state index contributed by atoms with van der Waals surface area (Å²) in [5, 5.41) is 2.68.